The van der Waals surface area contributed by atoms with Crippen LogP contribution in [0.15, 0.2) is 34.3 Å². The fraction of sp³-hybridized carbons (Fsp3) is 0.0833. The van der Waals surface area contributed by atoms with Gasteiger partial charge in [-0.1, -0.05) is 6.07 Å². The molecule has 1 aliphatic heterocycles. The fourth-order valence-corrected chi connectivity index (χ4v) is 2.77. The molecule has 0 saturated carbocycles. The first-order chi connectivity index (χ1) is 9.52. The van der Waals surface area contributed by atoms with Gasteiger partial charge in [0.25, 0.3) is 0 Å². The molecule has 1 aromatic heterocycles. The highest BCUT2D eigenvalue weighted by Gasteiger charge is 2.27. The number of nitrogens with one attached hydrogen (secondary N) is 1. The van der Waals surface area contributed by atoms with Crippen LogP contribution in [0.25, 0.3) is 0 Å². The van der Waals surface area contributed by atoms with E-state index in [9.17, 15) is 4.79 Å². The van der Waals surface area contributed by atoms with Gasteiger partial charge in [0, 0.05) is 22.2 Å². The summed E-state index contributed by atoms with van der Waals surface area (Å²) in [5, 5.41) is 3.18. The molecule has 2 heterocycles. The maximum atomic E-state index is 11.5. The maximum Gasteiger partial charge on any atom is 0.245 e. The largest absolute Gasteiger partial charge is 0.383 e. The van der Waals surface area contributed by atoms with Gasteiger partial charge in [0.1, 0.15) is 17.7 Å². The molecule has 2 aromatic rings. The van der Waals surface area contributed by atoms with Gasteiger partial charge in [-0.05, 0) is 23.9 Å². The Kier molecular flexibility index (Phi) is 2.96. The van der Waals surface area contributed by atoms with Crippen molar-refractivity contribution in [1.29, 1.82) is 0 Å². The molecule has 7 nitrogen and oxygen atoms in total. The van der Waals surface area contributed by atoms with Crippen molar-refractivity contribution in [2.24, 2.45) is 5.73 Å². The van der Waals surface area contributed by atoms with Crippen LogP contribution < -0.4 is 22.5 Å². The number of carbonyl (C=O) groups excluding carboxylic acids is 1. The van der Waals surface area contributed by atoms with Gasteiger partial charge in [-0.3, -0.25) is 4.79 Å². The van der Waals surface area contributed by atoms with E-state index in [0.717, 1.165) is 10.5 Å². The van der Waals surface area contributed by atoms with Crippen LogP contribution in [0, 0.1) is 0 Å². The molecule has 0 saturated heterocycles. The number of hydrogen-bond acceptors (Lipinski definition) is 7. The summed E-state index contributed by atoms with van der Waals surface area (Å²) in [4.78, 5) is 20.5. The molecule has 0 bridgehead atoms. The molecule has 1 aromatic carbocycles. The van der Waals surface area contributed by atoms with Crippen LogP contribution in [0.2, 0.25) is 0 Å². The zero-order valence-electron chi connectivity index (χ0n) is 10.3. The third kappa shape index (κ3) is 2.26. The molecule has 1 amide bonds. The van der Waals surface area contributed by atoms with Gasteiger partial charge >= 0.3 is 0 Å². The third-order valence-corrected chi connectivity index (χ3v) is 3.71. The summed E-state index contributed by atoms with van der Waals surface area (Å²) in [5.41, 5.74) is 18.5. The Bertz CT molecular complexity index is 684. The monoisotopic (exact) mass is 288 g/mol. The van der Waals surface area contributed by atoms with Gasteiger partial charge in [-0.25, -0.2) is 9.97 Å². The van der Waals surface area contributed by atoms with Crippen LogP contribution in [0.4, 0.5) is 17.3 Å². The average molecular weight is 288 g/mol. The minimum Gasteiger partial charge on any atom is -0.383 e. The molecule has 1 unspecified atom stereocenters. The quantitative estimate of drug-likeness (QED) is 0.599. The van der Waals surface area contributed by atoms with E-state index >= 15 is 0 Å². The first kappa shape index (κ1) is 12.7. The number of amides is 1. The van der Waals surface area contributed by atoms with Crippen molar-refractivity contribution in [3.05, 3.63) is 29.8 Å². The highest BCUT2D eigenvalue weighted by Crippen LogP contribution is 2.34. The molecular weight excluding hydrogens is 276 g/mol. The molecular formula is C12H12N6OS. The van der Waals surface area contributed by atoms with Gasteiger partial charge in [-0.15, -0.1) is 0 Å². The van der Waals surface area contributed by atoms with Gasteiger partial charge in [-0.2, -0.15) is 0 Å². The lowest BCUT2D eigenvalue weighted by atomic mass is 10.1. The highest BCUT2D eigenvalue weighted by molar-refractivity contribution is 7.99. The lowest BCUT2D eigenvalue weighted by Crippen LogP contribution is -2.19. The molecule has 102 valence electrons. The number of nitrogens with zero attached hydrogens (tertiary/aromatic N) is 2. The average Bonchev–Trinajstić information content (AvgIpc) is 2.63. The van der Waals surface area contributed by atoms with Crippen molar-refractivity contribution in [3.63, 3.8) is 0 Å². The Hall–Kier alpha value is -2.32. The van der Waals surface area contributed by atoms with E-state index in [1.165, 1.54) is 17.8 Å². The Morgan fingerprint density at radius 2 is 1.85 bits per heavy atom. The molecule has 0 aliphatic carbocycles. The second-order valence-electron chi connectivity index (χ2n) is 4.32. The summed E-state index contributed by atoms with van der Waals surface area (Å²) in [5.74, 6) is 0.430. The van der Waals surface area contributed by atoms with Crippen LogP contribution in [0.1, 0.15) is 11.6 Å². The summed E-state index contributed by atoms with van der Waals surface area (Å²) in [6.45, 7) is 0. The molecule has 8 heteroatoms. The van der Waals surface area contributed by atoms with Crippen LogP contribution in [-0.2, 0) is 4.79 Å². The number of benzene rings is 1. The maximum absolute atomic E-state index is 11.5. The van der Waals surface area contributed by atoms with E-state index in [1.807, 2.05) is 18.2 Å². The van der Waals surface area contributed by atoms with Crippen molar-refractivity contribution < 1.29 is 4.79 Å². The van der Waals surface area contributed by atoms with Gasteiger partial charge < -0.3 is 22.5 Å². The number of fused-ring (bicyclic) bond motifs is 1. The number of nitrogen functional groups attached to an aromatic ring is 2. The highest BCUT2D eigenvalue weighted by atomic mass is 32.2. The van der Waals surface area contributed by atoms with Crippen LogP contribution in [0.5, 0.6) is 0 Å². The van der Waals surface area contributed by atoms with Crippen molar-refractivity contribution in [3.8, 4) is 0 Å². The van der Waals surface area contributed by atoms with Crippen LogP contribution in [-0.4, -0.2) is 15.9 Å². The molecule has 7 N–H and O–H groups in total. The summed E-state index contributed by atoms with van der Waals surface area (Å²) in [6, 6.07) is 6.38. The summed E-state index contributed by atoms with van der Waals surface area (Å²) in [7, 11) is 0. The number of carbonyl (C=O) groups is 1. The van der Waals surface area contributed by atoms with Crippen molar-refractivity contribution in [2.75, 3.05) is 16.8 Å². The Morgan fingerprint density at radius 3 is 2.55 bits per heavy atom. The zero-order chi connectivity index (χ0) is 14.3. The van der Waals surface area contributed by atoms with Crippen molar-refractivity contribution in [1.82, 2.24) is 9.97 Å². The van der Waals surface area contributed by atoms with E-state index in [1.54, 1.807) is 0 Å². The first-order valence-corrected chi connectivity index (χ1v) is 6.63. The minimum atomic E-state index is -0.608. The van der Waals surface area contributed by atoms with Crippen molar-refractivity contribution >= 4 is 35.0 Å². The number of rotatable bonds is 2. The van der Waals surface area contributed by atoms with E-state index < -0.39 is 6.04 Å². The third-order valence-electron chi connectivity index (χ3n) is 2.85. The van der Waals surface area contributed by atoms with Crippen LogP contribution in [0.3, 0.4) is 0 Å². The smallest absolute Gasteiger partial charge is 0.245 e. The van der Waals surface area contributed by atoms with E-state index in [-0.39, 0.29) is 5.91 Å². The topological polar surface area (TPSA) is 133 Å². The predicted octanol–water partition coefficient (Wildman–Crippen LogP) is 0.744. The summed E-state index contributed by atoms with van der Waals surface area (Å²) < 4.78 is 0. The second kappa shape index (κ2) is 4.66. The van der Waals surface area contributed by atoms with E-state index in [4.69, 9.17) is 17.2 Å². The zero-order valence-corrected chi connectivity index (χ0v) is 11.1. The standard InChI is InChI=1S/C12H12N6OS/c13-8-4-9(14)18-12(17-8)20-5-1-2-6-7(3-5)16-11(19)10(6)15/h1-4,10H,15H2,(H,16,19)(H4,13,14,17,18). The van der Waals surface area contributed by atoms with Gasteiger partial charge in [0.05, 0.1) is 0 Å². The first-order valence-electron chi connectivity index (χ1n) is 5.81. The number of anilines is 3. The lowest BCUT2D eigenvalue weighted by molar-refractivity contribution is -0.116. The van der Waals surface area contributed by atoms with Crippen molar-refractivity contribution in [2.45, 2.75) is 16.1 Å². The van der Waals surface area contributed by atoms with Crippen LogP contribution >= 0.6 is 11.8 Å². The molecule has 0 spiro atoms. The Labute approximate surface area is 119 Å². The SMILES string of the molecule is Nc1cc(N)nc(Sc2ccc3c(c2)NC(=O)C3N)n1. The Balaban J connectivity index is 1.89. The fourth-order valence-electron chi connectivity index (χ4n) is 1.94. The minimum absolute atomic E-state index is 0.202. The molecule has 0 fully saturated rings. The number of hydrogen-bond donors (Lipinski definition) is 4. The normalized spacial score (nSPS) is 16.9. The van der Waals surface area contributed by atoms with E-state index in [0.29, 0.717) is 22.5 Å². The number of aromatic nitrogens is 2. The Morgan fingerprint density at radius 1 is 1.15 bits per heavy atom. The summed E-state index contributed by atoms with van der Waals surface area (Å²) in [6.07, 6.45) is 0. The predicted molar refractivity (Wildman–Crippen MR) is 77.0 cm³/mol. The van der Waals surface area contributed by atoms with Gasteiger partial charge in [0.2, 0.25) is 5.91 Å². The molecule has 3 rings (SSSR count). The molecule has 20 heavy (non-hydrogen) atoms. The molecule has 0 radical (unpaired) electrons. The lowest BCUT2D eigenvalue weighted by Gasteiger charge is -2.05. The summed E-state index contributed by atoms with van der Waals surface area (Å²) >= 11 is 1.31. The molecule has 1 atom stereocenters. The van der Waals surface area contributed by atoms with Gasteiger partial charge in [0.15, 0.2) is 5.16 Å². The molecule has 1 aliphatic rings. The second-order valence-corrected chi connectivity index (χ2v) is 5.36. The van der Waals surface area contributed by atoms with E-state index in [2.05, 4.69) is 15.3 Å². The number of nitrogens with two attached hydrogens (primary N) is 3.